The fraction of sp³-hybridized carbons (Fsp3) is 0.778. The molecule has 0 saturated heterocycles. The Morgan fingerprint density at radius 1 is 1.50 bits per heavy atom. The first-order valence-electron chi connectivity index (χ1n) is 4.41. The summed E-state index contributed by atoms with van der Waals surface area (Å²) in [6.07, 6.45) is 1.30. The van der Waals surface area contributed by atoms with Crippen molar-refractivity contribution in [1.82, 2.24) is 4.90 Å². The largest absolute Gasteiger partial charge is 0.480 e. The highest BCUT2D eigenvalue weighted by atomic mass is 16.4. The van der Waals surface area contributed by atoms with Crippen LogP contribution in [0.2, 0.25) is 0 Å². The molecule has 0 aliphatic rings. The predicted molar refractivity (Wildman–Crippen MR) is 54.8 cm³/mol. The lowest BCUT2D eigenvalue weighted by molar-refractivity contribution is -0.138. The van der Waals surface area contributed by atoms with Crippen LogP contribution >= 0.6 is 0 Å². The van der Waals surface area contributed by atoms with Crippen LogP contribution in [-0.4, -0.2) is 42.5 Å². The predicted octanol–water partition coefficient (Wildman–Crippen LogP) is 0.149. The molecule has 0 aliphatic carbocycles. The van der Waals surface area contributed by atoms with E-state index in [9.17, 15) is 9.59 Å². The highest BCUT2D eigenvalue weighted by Gasteiger charge is 2.11. The van der Waals surface area contributed by atoms with Crippen LogP contribution in [-0.2, 0) is 9.59 Å². The molecule has 0 aromatic carbocycles. The van der Waals surface area contributed by atoms with Gasteiger partial charge in [0.05, 0.1) is 0 Å². The van der Waals surface area contributed by atoms with Gasteiger partial charge in [0.2, 0.25) is 6.41 Å². The minimum absolute atomic E-state index is 0.357. The first kappa shape index (κ1) is 15.4. The van der Waals surface area contributed by atoms with Crippen LogP contribution in [0.3, 0.4) is 0 Å². The summed E-state index contributed by atoms with van der Waals surface area (Å²) in [4.78, 5) is 21.0. The van der Waals surface area contributed by atoms with Crippen LogP contribution in [0.1, 0.15) is 20.3 Å². The molecule has 0 radical (unpaired) electrons. The summed E-state index contributed by atoms with van der Waals surface area (Å²) in [5.41, 5.74) is 5.22. The van der Waals surface area contributed by atoms with Gasteiger partial charge in [0, 0.05) is 14.1 Å². The molecule has 0 bridgehead atoms. The van der Waals surface area contributed by atoms with E-state index >= 15 is 0 Å². The average Bonchev–Trinajstić information content (AvgIpc) is 2.04. The lowest BCUT2D eigenvalue weighted by Crippen LogP contribution is -2.31. The molecule has 1 atom stereocenters. The summed E-state index contributed by atoms with van der Waals surface area (Å²) >= 11 is 0. The second kappa shape index (κ2) is 8.50. The molecule has 0 aliphatic heterocycles. The minimum atomic E-state index is -0.913. The van der Waals surface area contributed by atoms with Gasteiger partial charge in [-0.1, -0.05) is 13.8 Å². The van der Waals surface area contributed by atoms with Crippen molar-refractivity contribution in [2.75, 3.05) is 14.1 Å². The third-order valence-electron chi connectivity index (χ3n) is 1.25. The minimum Gasteiger partial charge on any atom is -0.480 e. The molecule has 0 aromatic rings. The third kappa shape index (κ3) is 13.5. The van der Waals surface area contributed by atoms with E-state index in [1.54, 1.807) is 14.1 Å². The Morgan fingerprint density at radius 2 is 1.86 bits per heavy atom. The molecule has 5 nitrogen and oxygen atoms in total. The van der Waals surface area contributed by atoms with E-state index in [1.165, 1.54) is 4.90 Å². The lowest BCUT2D eigenvalue weighted by Gasteiger charge is -2.07. The zero-order valence-corrected chi connectivity index (χ0v) is 9.23. The summed E-state index contributed by atoms with van der Waals surface area (Å²) in [7, 11) is 3.38. The Morgan fingerprint density at radius 3 is 1.93 bits per heavy atom. The van der Waals surface area contributed by atoms with Crippen molar-refractivity contribution in [1.29, 1.82) is 0 Å². The van der Waals surface area contributed by atoms with Gasteiger partial charge in [-0.3, -0.25) is 9.59 Å². The van der Waals surface area contributed by atoms with Crippen molar-refractivity contribution in [2.45, 2.75) is 26.3 Å². The van der Waals surface area contributed by atoms with Crippen LogP contribution in [0.15, 0.2) is 0 Å². The van der Waals surface area contributed by atoms with Crippen molar-refractivity contribution in [3.05, 3.63) is 0 Å². The molecule has 14 heavy (non-hydrogen) atoms. The molecular formula is C9H20N2O3. The van der Waals surface area contributed by atoms with E-state index in [1.807, 2.05) is 13.8 Å². The van der Waals surface area contributed by atoms with Crippen LogP contribution in [0.25, 0.3) is 0 Å². The van der Waals surface area contributed by atoms with Crippen molar-refractivity contribution >= 4 is 12.4 Å². The van der Waals surface area contributed by atoms with Crippen LogP contribution in [0, 0.1) is 5.92 Å². The number of carboxylic acid groups (broad SMARTS) is 1. The Labute approximate surface area is 84.9 Å². The average molecular weight is 204 g/mol. The first-order chi connectivity index (χ1) is 6.31. The Hall–Kier alpha value is -1.10. The van der Waals surface area contributed by atoms with Gasteiger partial charge < -0.3 is 15.7 Å². The molecule has 5 heteroatoms. The number of aliphatic carboxylic acids is 1. The topological polar surface area (TPSA) is 83.6 Å². The van der Waals surface area contributed by atoms with E-state index < -0.39 is 12.0 Å². The van der Waals surface area contributed by atoms with E-state index in [-0.39, 0.29) is 0 Å². The molecular weight excluding hydrogens is 184 g/mol. The number of amides is 1. The Bertz CT molecular complexity index is 169. The van der Waals surface area contributed by atoms with Gasteiger partial charge >= 0.3 is 5.97 Å². The van der Waals surface area contributed by atoms with Crippen molar-refractivity contribution in [3.8, 4) is 0 Å². The number of carbonyl (C=O) groups is 2. The number of hydrogen-bond acceptors (Lipinski definition) is 3. The SMILES string of the molecule is CC(C)CC(N)C(=O)O.CN(C)C=O. The summed E-state index contributed by atoms with van der Waals surface area (Å²) in [6.45, 7) is 3.89. The number of hydrogen-bond donors (Lipinski definition) is 2. The number of carbonyl (C=O) groups excluding carboxylic acids is 1. The summed E-state index contributed by atoms with van der Waals surface area (Å²) in [5, 5.41) is 8.31. The lowest BCUT2D eigenvalue weighted by atomic mass is 10.1. The zero-order valence-electron chi connectivity index (χ0n) is 9.23. The van der Waals surface area contributed by atoms with Crippen LogP contribution < -0.4 is 5.73 Å². The maximum atomic E-state index is 10.1. The number of nitrogens with zero attached hydrogens (tertiary/aromatic N) is 1. The van der Waals surface area contributed by atoms with Gasteiger partial charge in [0.15, 0.2) is 0 Å². The van der Waals surface area contributed by atoms with Crippen molar-refractivity contribution in [2.24, 2.45) is 11.7 Å². The molecule has 0 saturated carbocycles. The summed E-state index contributed by atoms with van der Waals surface area (Å²) in [5.74, 6) is -0.556. The van der Waals surface area contributed by atoms with E-state index in [0.717, 1.165) is 6.41 Å². The van der Waals surface area contributed by atoms with Crippen molar-refractivity contribution < 1.29 is 14.7 Å². The fourth-order valence-electron chi connectivity index (χ4n) is 0.609. The van der Waals surface area contributed by atoms with Gasteiger partial charge in [-0.05, 0) is 12.3 Å². The van der Waals surface area contributed by atoms with Gasteiger partial charge in [0.25, 0.3) is 0 Å². The second-order valence-corrected chi connectivity index (χ2v) is 3.64. The quantitative estimate of drug-likeness (QED) is 0.638. The smallest absolute Gasteiger partial charge is 0.320 e. The van der Waals surface area contributed by atoms with E-state index in [2.05, 4.69) is 0 Å². The van der Waals surface area contributed by atoms with E-state index in [4.69, 9.17) is 10.8 Å². The maximum Gasteiger partial charge on any atom is 0.320 e. The number of nitrogens with two attached hydrogens (primary N) is 1. The molecule has 1 unspecified atom stereocenters. The van der Waals surface area contributed by atoms with Gasteiger partial charge in [0.1, 0.15) is 6.04 Å². The molecule has 3 N–H and O–H groups in total. The second-order valence-electron chi connectivity index (χ2n) is 3.64. The molecule has 84 valence electrons. The number of carboxylic acids is 1. The van der Waals surface area contributed by atoms with Crippen LogP contribution in [0.5, 0.6) is 0 Å². The molecule has 1 amide bonds. The number of rotatable bonds is 4. The monoisotopic (exact) mass is 204 g/mol. The normalized spacial score (nSPS) is 11.3. The van der Waals surface area contributed by atoms with Crippen LogP contribution in [0.4, 0.5) is 0 Å². The van der Waals surface area contributed by atoms with Gasteiger partial charge in [-0.15, -0.1) is 0 Å². The molecule has 0 fully saturated rings. The standard InChI is InChI=1S/C6H13NO2.C3H7NO/c1-4(2)3-5(7)6(8)9;1-4(2)3-5/h4-5H,3,7H2,1-2H3,(H,8,9);3H,1-2H3. The third-order valence-corrected chi connectivity index (χ3v) is 1.25. The first-order valence-corrected chi connectivity index (χ1v) is 4.41. The Kier molecular flexibility index (Phi) is 9.33. The maximum absolute atomic E-state index is 10.1. The van der Waals surface area contributed by atoms with Gasteiger partial charge in [-0.2, -0.15) is 0 Å². The zero-order chi connectivity index (χ0) is 11.7. The highest BCUT2D eigenvalue weighted by molar-refractivity contribution is 5.72. The summed E-state index contributed by atoms with van der Waals surface area (Å²) < 4.78 is 0. The van der Waals surface area contributed by atoms with Gasteiger partial charge in [-0.25, -0.2) is 0 Å². The molecule has 0 heterocycles. The van der Waals surface area contributed by atoms with Crippen molar-refractivity contribution in [3.63, 3.8) is 0 Å². The molecule has 0 rings (SSSR count). The highest BCUT2D eigenvalue weighted by Crippen LogP contribution is 2.01. The molecule has 0 aromatic heterocycles. The van der Waals surface area contributed by atoms with E-state index in [0.29, 0.717) is 12.3 Å². The Balaban J connectivity index is 0. The fourth-order valence-corrected chi connectivity index (χ4v) is 0.609. The summed E-state index contributed by atoms with van der Waals surface area (Å²) in [6, 6.07) is -0.690. The molecule has 0 spiro atoms.